The summed E-state index contributed by atoms with van der Waals surface area (Å²) in [6.45, 7) is 0. The molecule has 1 aromatic heterocycles. The molecule has 0 fully saturated rings. The van der Waals surface area contributed by atoms with E-state index in [0.29, 0.717) is 0 Å². The van der Waals surface area contributed by atoms with Gasteiger partial charge in [-0.1, -0.05) is 11.6 Å². The second-order valence-electron chi connectivity index (χ2n) is 3.62. The Hall–Kier alpha value is -2.54. The number of hydrogen-bond donors (Lipinski definition) is 2. The Morgan fingerprint density at radius 1 is 1.45 bits per heavy atom. The van der Waals surface area contributed by atoms with Crippen LogP contribution in [0.5, 0.6) is 17.4 Å². The van der Waals surface area contributed by atoms with E-state index in [2.05, 4.69) is 9.97 Å². The Morgan fingerprint density at radius 2 is 2.20 bits per heavy atom. The maximum Gasteiger partial charge on any atom is 0.337 e. The van der Waals surface area contributed by atoms with Gasteiger partial charge in [0, 0.05) is 0 Å². The first-order chi connectivity index (χ1) is 9.52. The lowest BCUT2D eigenvalue weighted by atomic mass is 10.2. The average molecular weight is 297 g/mol. The molecule has 0 amide bonds. The fourth-order valence-electron chi connectivity index (χ4n) is 1.47. The lowest BCUT2D eigenvalue weighted by Gasteiger charge is -2.08. The smallest absolute Gasteiger partial charge is 0.337 e. The Balaban J connectivity index is 2.41. The van der Waals surface area contributed by atoms with Crippen molar-refractivity contribution >= 4 is 17.6 Å². The fourth-order valence-corrected chi connectivity index (χ4v) is 1.67. The average Bonchev–Trinajstić information content (AvgIpc) is 2.41. The van der Waals surface area contributed by atoms with Crippen LogP contribution < -0.4 is 15.0 Å². The van der Waals surface area contributed by atoms with E-state index >= 15 is 0 Å². The van der Waals surface area contributed by atoms with Gasteiger partial charge in [0.25, 0.3) is 11.4 Å². The van der Waals surface area contributed by atoms with Crippen LogP contribution in [-0.2, 0) is 0 Å². The van der Waals surface area contributed by atoms with Crippen molar-refractivity contribution in [2.75, 3.05) is 7.11 Å². The molecule has 2 N–H and O–H groups in total. The molecule has 2 rings (SSSR count). The number of nitrogens with one attached hydrogen (secondary N) is 1. The van der Waals surface area contributed by atoms with E-state index in [1.54, 1.807) is 0 Å². The molecular formula is C12H9ClN2O5. The molecule has 104 valence electrons. The van der Waals surface area contributed by atoms with Gasteiger partial charge in [-0.2, -0.15) is 0 Å². The van der Waals surface area contributed by atoms with Crippen LogP contribution >= 0.6 is 11.6 Å². The van der Waals surface area contributed by atoms with Crippen LogP contribution in [0.25, 0.3) is 0 Å². The van der Waals surface area contributed by atoms with Gasteiger partial charge in [-0.15, -0.1) is 0 Å². The summed E-state index contributed by atoms with van der Waals surface area (Å²) in [7, 11) is 1.30. The first-order valence-corrected chi connectivity index (χ1v) is 5.73. The van der Waals surface area contributed by atoms with Crippen LogP contribution in [0.15, 0.2) is 29.3 Å². The summed E-state index contributed by atoms with van der Waals surface area (Å²) < 4.78 is 10.2. The first kappa shape index (κ1) is 13.9. The molecule has 0 aliphatic rings. The highest BCUT2D eigenvalue weighted by Crippen LogP contribution is 2.28. The third kappa shape index (κ3) is 2.72. The molecule has 1 heterocycles. The molecule has 0 atom stereocenters. The highest BCUT2D eigenvalue weighted by molar-refractivity contribution is 6.33. The van der Waals surface area contributed by atoms with Gasteiger partial charge < -0.3 is 19.6 Å². The van der Waals surface area contributed by atoms with Crippen LogP contribution in [0, 0.1) is 0 Å². The number of hydrogen-bond acceptors (Lipinski definition) is 5. The number of ether oxygens (including phenoxy) is 2. The van der Waals surface area contributed by atoms with Gasteiger partial charge in [0.05, 0.1) is 24.0 Å². The standard InChI is InChI=1S/C12H9ClN2O5/c1-19-9-10(16)14-5-15-11(9)20-6-2-3-8(13)7(4-6)12(17)18/h2-5H,1H3,(H,17,18)(H,14,15,16). The van der Waals surface area contributed by atoms with Gasteiger partial charge in [0.1, 0.15) is 5.75 Å². The minimum Gasteiger partial charge on any atom is -0.487 e. The number of carboxylic acid groups (broad SMARTS) is 1. The number of rotatable bonds is 4. The number of aromatic nitrogens is 2. The van der Waals surface area contributed by atoms with Crippen molar-refractivity contribution in [3.63, 3.8) is 0 Å². The minimum atomic E-state index is -1.19. The monoisotopic (exact) mass is 296 g/mol. The number of halogens is 1. The van der Waals surface area contributed by atoms with Crippen LogP contribution in [0.4, 0.5) is 0 Å². The van der Waals surface area contributed by atoms with E-state index in [9.17, 15) is 9.59 Å². The number of aromatic carboxylic acids is 1. The molecule has 0 aliphatic heterocycles. The molecule has 0 unspecified atom stereocenters. The number of benzene rings is 1. The highest BCUT2D eigenvalue weighted by atomic mass is 35.5. The predicted octanol–water partition coefficient (Wildman–Crippen LogP) is 1.92. The molecule has 7 nitrogen and oxygen atoms in total. The summed E-state index contributed by atoms with van der Waals surface area (Å²) in [6.07, 6.45) is 1.15. The number of H-pyrrole nitrogens is 1. The summed E-state index contributed by atoms with van der Waals surface area (Å²) in [6, 6.07) is 4.06. The van der Waals surface area contributed by atoms with Gasteiger partial charge in [0.2, 0.25) is 5.75 Å². The third-order valence-corrected chi connectivity index (χ3v) is 2.69. The molecular weight excluding hydrogens is 288 g/mol. The lowest BCUT2D eigenvalue weighted by Crippen LogP contribution is -2.11. The largest absolute Gasteiger partial charge is 0.487 e. The zero-order valence-electron chi connectivity index (χ0n) is 10.2. The molecule has 1 aromatic carbocycles. The second-order valence-corrected chi connectivity index (χ2v) is 4.03. The predicted molar refractivity (Wildman–Crippen MR) is 69.9 cm³/mol. The maximum absolute atomic E-state index is 11.5. The van der Waals surface area contributed by atoms with E-state index in [1.807, 2.05) is 0 Å². The van der Waals surface area contributed by atoms with Gasteiger partial charge in [0.15, 0.2) is 0 Å². The molecule has 0 aliphatic carbocycles. The van der Waals surface area contributed by atoms with Crippen molar-refractivity contribution in [3.8, 4) is 17.4 Å². The van der Waals surface area contributed by atoms with E-state index in [0.717, 1.165) is 6.33 Å². The summed E-state index contributed by atoms with van der Waals surface area (Å²) in [5.41, 5.74) is -0.627. The molecule has 0 saturated carbocycles. The van der Waals surface area contributed by atoms with Crippen molar-refractivity contribution in [2.24, 2.45) is 0 Å². The van der Waals surface area contributed by atoms with Crippen LogP contribution in [0.1, 0.15) is 10.4 Å². The zero-order valence-corrected chi connectivity index (χ0v) is 11.0. The maximum atomic E-state index is 11.5. The van der Waals surface area contributed by atoms with Crippen molar-refractivity contribution < 1.29 is 19.4 Å². The molecule has 0 bridgehead atoms. The van der Waals surface area contributed by atoms with Crippen molar-refractivity contribution in [3.05, 3.63) is 45.5 Å². The third-order valence-electron chi connectivity index (χ3n) is 2.36. The number of carbonyl (C=O) groups is 1. The normalized spacial score (nSPS) is 10.1. The minimum absolute atomic E-state index is 0.0742. The summed E-state index contributed by atoms with van der Waals surface area (Å²) in [4.78, 5) is 28.6. The fraction of sp³-hybridized carbons (Fsp3) is 0.0833. The van der Waals surface area contributed by atoms with E-state index in [-0.39, 0.29) is 28.0 Å². The van der Waals surface area contributed by atoms with Crippen LogP contribution in [-0.4, -0.2) is 28.2 Å². The summed E-state index contributed by atoms with van der Waals surface area (Å²) >= 11 is 5.75. The molecule has 0 radical (unpaired) electrons. The Morgan fingerprint density at radius 3 is 2.85 bits per heavy atom. The van der Waals surface area contributed by atoms with Crippen LogP contribution in [0.2, 0.25) is 5.02 Å². The van der Waals surface area contributed by atoms with Crippen molar-refractivity contribution in [1.82, 2.24) is 9.97 Å². The summed E-state index contributed by atoms with van der Waals surface area (Å²) in [5.74, 6) is -1.20. The quantitative estimate of drug-likeness (QED) is 0.894. The number of aromatic amines is 1. The molecule has 0 spiro atoms. The SMILES string of the molecule is COc1c(Oc2ccc(Cl)c(C(=O)O)c2)nc[nH]c1=O. The van der Waals surface area contributed by atoms with Crippen molar-refractivity contribution in [2.45, 2.75) is 0 Å². The van der Waals surface area contributed by atoms with Crippen molar-refractivity contribution in [1.29, 1.82) is 0 Å². The van der Waals surface area contributed by atoms with Gasteiger partial charge >= 0.3 is 5.97 Å². The highest BCUT2D eigenvalue weighted by Gasteiger charge is 2.14. The van der Waals surface area contributed by atoms with Gasteiger partial charge in [-0.3, -0.25) is 4.79 Å². The summed E-state index contributed by atoms with van der Waals surface area (Å²) in [5, 5.41) is 9.05. The molecule has 0 saturated heterocycles. The van der Waals surface area contributed by atoms with Gasteiger partial charge in [-0.05, 0) is 18.2 Å². The Bertz CT molecular complexity index is 713. The first-order valence-electron chi connectivity index (χ1n) is 5.35. The molecule has 20 heavy (non-hydrogen) atoms. The number of methoxy groups -OCH3 is 1. The molecule has 8 heteroatoms. The number of carboxylic acids is 1. The Labute approximate surface area is 117 Å². The van der Waals surface area contributed by atoms with E-state index < -0.39 is 11.5 Å². The number of nitrogens with zero attached hydrogens (tertiary/aromatic N) is 1. The topological polar surface area (TPSA) is 102 Å². The Kier molecular flexibility index (Phi) is 3.90. The van der Waals surface area contributed by atoms with Crippen LogP contribution in [0.3, 0.4) is 0 Å². The van der Waals surface area contributed by atoms with Gasteiger partial charge in [-0.25, -0.2) is 9.78 Å². The van der Waals surface area contributed by atoms with E-state index in [1.165, 1.54) is 25.3 Å². The molecule has 2 aromatic rings. The van der Waals surface area contributed by atoms with E-state index in [4.69, 9.17) is 26.2 Å². The zero-order chi connectivity index (χ0) is 14.7. The second kappa shape index (κ2) is 5.62. The lowest BCUT2D eigenvalue weighted by molar-refractivity contribution is 0.0696.